The van der Waals surface area contributed by atoms with Crippen molar-refractivity contribution < 1.29 is 18.9 Å². The summed E-state index contributed by atoms with van der Waals surface area (Å²) in [5.74, 6) is 0.376. The Kier molecular flexibility index (Phi) is 5.55. The van der Waals surface area contributed by atoms with Gasteiger partial charge in [-0.15, -0.1) is 0 Å². The Morgan fingerprint density at radius 2 is 2.07 bits per heavy atom. The second-order valence-electron chi connectivity index (χ2n) is 9.08. The van der Waals surface area contributed by atoms with Gasteiger partial charge in [-0.25, -0.2) is 4.39 Å². The standard InChI is InChI=1S/C20H30BFN2O3/c1-13-10-20(11-13,19(2,3)4)18(25)24-7-5-6-23-17-9-15-14(8-16(17)22)12-27-21(15)26/h8-9,13,23,26H,5-7,10-12H2,1-4H3,(H,24,25). The predicted molar refractivity (Wildman–Crippen MR) is 105 cm³/mol. The molecular formula is C20H30BFN2O3. The maximum atomic E-state index is 14.1. The number of rotatable bonds is 6. The number of anilines is 1. The highest BCUT2D eigenvalue weighted by Gasteiger charge is 2.55. The summed E-state index contributed by atoms with van der Waals surface area (Å²) in [6, 6.07) is 3.01. The first-order valence-corrected chi connectivity index (χ1v) is 9.78. The Bertz CT molecular complexity index is 714. The zero-order valence-electron chi connectivity index (χ0n) is 16.7. The lowest BCUT2D eigenvalue weighted by Gasteiger charge is -2.53. The fourth-order valence-corrected chi connectivity index (χ4v) is 4.33. The Morgan fingerprint density at radius 3 is 2.70 bits per heavy atom. The van der Waals surface area contributed by atoms with E-state index in [-0.39, 0.29) is 29.2 Å². The minimum absolute atomic E-state index is 0.0572. The third kappa shape index (κ3) is 3.85. The lowest BCUT2D eigenvalue weighted by molar-refractivity contribution is -0.151. The number of hydrogen-bond donors (Lipinski definition) is 3. The van der Waals surface area contributed by atoms with Crippen molar-refractivity contribution in [2.24, 2.45) is 16.7 Å². The van der Waals surface area contributed by atoms with Crippen LogP contribution in [0.2, 0.25) is 0 Å². The van der Waals surface area contributed by atoms with E-state index in [9.17, 15) is 14.2 Å². The molecule has 1 aliphatic heterocycles. The molecule has 0 unspecified atom stereocenters. The van der Waals surface area contributed by atoms with Crippen LogP contribution in [0.5, 0.6) is 0 Å². The molecule has 7 heteroatoms. The molecule has 148 valence electrons. The molecule has 27 heavy (non-hydrogen) atoms. The van der Waals surface area contributed by atoms with Crippen LogP contribution < -0.4 is 16.1 Å². The lowest BCUT2D eigenvalue weighted by Crippen LogP contribution is -2.56. The fourth-order valence-electron chi connectivity index (χ4n) is 4.33. The number of fused-ring (bicyclic) bond motifs is 1. The van der Waals surface area contributed by atoms with Crippen molar-refractivity contribution in [3.05, 3.63) is 23.5 Å². The summed E-state index contributed by atoms with van der Waals surface area (Å²) in [4.78, 5) is 12.8. The number of amides is 1. The Hall–Kier alpha value is -1.60. The van der Waals surface area contributed by atoms with Crippen molar-refractivity contribution in [2.45, 2.75) is 53.6 Å². The predicted octanol–water partition coefficient (Wildman–Crippen LogP) is 2.42. The molecular weight excluding hydrogens is 346 g/mol. The average molecular weight is 376 g/mol. The van der Waals surface area contributed by atoms with Gasteiger partial charge in [-0.2, -0.15) is 0 Å². The Balaban J connectivity index is 1.47. The van der Waals surface area contributed by atoms with Crippen LogP contribution in [0.25, 0.3) is 0 Å². The van der Waals surface area contributed by atoms with E-state index in [2.05, 4.69) is 38.3 Å². The van der Waals surface area contributed by atoms with Gasteiger partial charge in [0.05, 0.1) is 17.7 Å². The van der Waals surface area contributed by atoms with Crippen molar-refractivity contribution in [1.82, 2.24) is 5.32 Å². The van der Waals surface area contributed by atoms with E-state index in [1.54, 1.807) is 6.07 Å². The van der Waals surface area contributed by atoms with E-state index in [0.29, 0.717) is 42.1 Å². The van der Waals surface area contributed by atoms with Crippen molar-refractivity contribution >= 4 is 24.2 Å². The fraction of sp³-hybridized carbons (Fsp3) is 0.650. The zero-order valence-corrected chi connectivity index (χ0v) is 16.7. The summed E-state index contributed by atoms with van der Waals surface area (Å²) >= 11 is 0. The monoisotopic (exact) mass is 376 g/mol. The van der Waals surface area contributed by atoms with Gasteiger partial charge in [-0.3, -0.25) is 4.79 Å². The molecule has 1 aromatic rings. The summed E-state index contributed by atoms with van der Waals surface area (Å²) in [5, 5.41) is 15.9. The van der Waals surface area contributed by atoms with Crippen LogP contribution in [0.15, 0.2) is 12.1 Å². The molecule has 0 aromatic heterocycles. The normalized spacial score (nSPS) is 24.4. The molecule has 2 aliphatic rings. The van der Waals surface area contributed by atoms with Crippen molar-refractivity contribution in [3.63, 3.8) is 0 Å². The first kappa shape index (κ1) is 20.1. The van der Waals surface area contributed by atoms with E-state index in [4.69, 9.17) is 4.65 Å². The second kappa shape index (κ2) is 7.43. The third-order valence-corrected chi connectivity index (χ3v) is 6.11. The Morgan fingerprint density at radius 1 is 1.37 bits per heavy atom. The molecule has 1 amide bonds. The highest BCUT2D eigenvalue weighted by atomic mass is 19.1. The largest absolute Gasteiger partial charge is 0.491 e. The van der Waals surface area contributed by atoms with Crippen LogP contribution in [-0.2, 0) is 16.1 Å². The minimum atomic E-state index is -0.987. The van der Waals surface area contributed by atoms with Gasteiger partial charge < -0.3 is 20.3 Å². The molecule has 0 bridgehead atoms. The number of carbonyl (C=O) groups excluding carboxylic acids is 1. The molecule has 0 radical (unpaired) electrons. The van der Waals surface area contributed by atoms with Crippen LogP contribution in [0.3, 0.4) is 0 Å². The van der Waals surface area contributed by atoms with Gasteiger partial charge in [0, 0.05) is 13.1 Å². The molecule has 0 spiro atoms. The SMILES string of the molecule is CC1CC(C(=O)NCCCNc2cc3c(cc2F)COB3O)(C(C)(C)C)C1. The maximum Gasteiger partial charge on any atom is 0.491 e. The van der Waals surface area contributed by atoms with E-state index in [0.717, 1.165) is 12.8 Å². The van der Waals surface area contributed by atoms with Gasteiger partial charge >= 0.3 is 7.12 Å². The molecule has 0 saturated heterocycles. The van der Waals surface area contributed by atoms with Gasteiger partial charge in [-0.05, 0) is 53.8 Å². The van der Waals surface area contributed by atoms with Crippen molar-refractivity contribution in [1.29, 1.82) is 0 Å². The minimum Gasteiger partial charge on any atom is -0.423 e. The first-order chi connectivity index (χ1) is 12.6. The second-order valence-corrected chi connectivity index (χ2v) is 9.08. The van der Waals surface area contributed by atoms with Gasteiger partial charge in [0.2, 0.25) is 5.91 Å². The highest BCUT2D eigenvalue weighted by molar-refractivity contribution is 6.61. The first-order valence-electron chi connectivity index (χ1n) is 9.78. The average Bonchev–Trinajstić information content (AvgIpc) is 2.90. The van der Waals surface area contributed by atoms with Crippen LogP contribution in [0.1, 0.15) is 52.5 Å². The number of halogens is 1. The summed E-state index contributed by atoms with van der Waals surface area (Å²) in [6.07, 6.45) is 2.56. The van der Waals surface area contributed by atoms with E-state index in [1.807, 2.05) is 0 Å². The highest BCUT2D eigenvalue weighted by Crippen LogP contribution is 2.56. The molecule has 1 saturated carbocycles. The van der Waals surface area contributed by atoms with Crippen LogP contribution in [0.4, 0.5) is 10.1 Å². The van der Waals surface area contributed by atoms with E-state index >= 15 is 0 Å². The van der Waals surface area contributed by atoms with Crippen LogP contribution >= 0.6 is 0 Å². The number of hydrogen-bond acceptors (Lipinski definition) is 4. The smallest absolute Gasteiger partial charge is 0.423 e. The maximum absolute atomic E-state index is 14.1. The summed E-state index contributed by atoms with van der Waals surface area (Å²) in [5.41, 5.74) is 1.31. The quantitative estimate of drug-likeness (QED) is 0.527. The number of carbonyl (C=O) groups is 1. The van der Waals surface area contributed by atoms with E-state index < -0.39 is 7.12 Å². The van der Waals surface area contributed by atoms with E-state index in [1.165, 1.54) is 6.07 Å². The molecule has 1 fully saturated rings. The molecule has 1 heterocycles. The van der Waals surface area contributed by atoms with Crippen molar-refractivity contribution in [3.8, 4) is 0 Å². The molecule has 1 aliphatic carbocycles. The summed E-state index contributed by atoms with van der Waals surface area (Å²) in [7, 11) is -0.987. The molecule has 1 aromatic carbocycles. The molecule has 0 atom stereocenters. The summed E-state index contributed by atoms with van der Waals surface area (Å²) < 4.78 is 19.2. The number of nitrogens with one attached hydrogen (secondary N) is 2. The number of benzene rings is 1. The zero-order chi connectivity index (χ0) is 19.8. The molecule has 5 nitrogen and oxygen atoms in total. The van der Waals surface area contributed by atoms with Crippen molar-refractivity contribution in [2.75, 3.05) is 18.4 Å². The molecule has 3 N–H and O–H groups in total. The Labute approximate surface area is 161 Å². The molecule has 3 rings (SSSR count). The van der Waals surface area contributed by atoms with Gasteiger partial charge in [-0.1, -0.05) is 27.7 Å². The third-order valence-electron chi connectivity index (χ3n) is 6.11. The van der Waals surface area contributed by atoms with Gasteiger partial charge in [0.15, 0.2) is 0 Å². The topological polar surface area (TPSA) is 70.6 Å². The lowest BCUT2D eigenvalue weighted by atomic mass is 9.51. The van der Waals surface area contributed by atoms with Crippen LogP contribution in [0, 0.1) is 22.6 Å². The van der Waals surface area contributed by atoms with Crippen LogP contribution in [-0.4, -0.2) is 31.1 Å². The van der Waals surface area contributed by atoms with Gasteiger partial charge in [0.1, 0.15) is 5.82 Å². The summed E-state index contributed by atoms with van der Waals surface area (Å²) in [6.45, 7) is 9.91. The van der Waals surface area contributed by atoms with Gasteiger partial charge in [0.25, 0.3) is 0 Å².